The van der Waals surface area contributed by atoms with E-state index < -0.39 is 0 Å². The normalized spacial score (nSPS) is 24.5. The topological polar surface area (TPSA) is 53.3 Å². The molecule has 0 N–H and O–H groups in total. The number of nitriles is 1. The van der Waals surface area contributed by atoms with Crippen LogP contribution in [0.25, 0.3) is 0 Å². The monoisotopic (exact) mass is 308 g/mol. The van der Waals surface area contributed by atoms with Crippen LogP contribution < -0.4 is 0 Å². The Bertz CT molecular complexity index is 672. The van der Waals surface area contributed by atoms with Gasteiger partial charge in [-0.3, -0.25) is 9.69 Å². The molecule has 1 unspecified atom stereocenters. The zero-order valence-electron chi connectivity index (χ0n) is 13.5. The fourth-order valence-corrected chi connectivity index (χ4v) is 4.33. The van der Waals surface area contributed by atoms with Gasteiger partial charge in [0.05, 0.1) is 13.0 Å². The second kappa shape index (κ2) is 5.69. The maximum absolute atomic E-state index is 11.5. The standard InChI is InChI=1S/C18H21BN2O2/c1-23-18(22)15-9-21(10-15)17-5-3-13-6-12(2-4-16(13)17)14-7-19(8-14)11-20/h2,4,6,14-15,17H,3,5,7-10H2,1H3. The van der Waals surface area contributed by atoms with Crippen molar-refractivity contribution in [3.8, 4) is 5.97 Å². The molecule has 0 bridgehead atoms. The average molecular weight is 308 g/mol. The molecule has 2 heterocycles. The van der Waals surface area contributed by atoms with Gasteiger partial charge in [-0.15, -0.1) is 0 Å². The smallest absolute Gasteiger partial charge is 0.311 e. The van der Waals surface area contributed by atoms with E-state index in [-0.39, 0.29) is 18.6 Å². The van der Waals surface area contributed by atoms with Crippen LogP contribution in [-0.2, 0) is 16.0 Å². The first-order valence-corrected chi connectivity index (χ1v) is 8.53. The minimum absolute atomic E-state index is 0.0567. The lowest BCUT2D eigenvalue weighted by molar-refractivity contribution is -0.152. The zero-order valence-corrected chi connectivity index (χ0v) is 13.5. The van der Waals surface area contributed by atoms with Crippen molar-refractivity contribution in [1.82, 2.24) is 4.90 Å². The third-order valence-electron chi connectivity index (χ3n) is 5.89. The molecule has 4 rings (SSSR count). The van der Waals surface area contributed by atoms with Gasteiger partial charge in [0.1, 0.15) is 0 Å². The van der Waals surface area contributed by atoms with Crippen molar-refractivity contribution in [1.29, 1.82) is 5.26 Å². The van der Waals surface area contributed by atoms with Gasteiger partial charge < -0.3 is 4.74 Å². The summed E-state index contributed by atoms with van der Waals surface area (Å²) in [5.74, 6) is 2.92. The Morgan fingerprint density at radius 2 is 2.17 bits per heavy atom. The lowest BCUT2D eigenvalue weighted by Crippen LogP contribution is -2.51. The van der Waals surface area contributed by atoms with Crippen LogP contribution in [0.3, 0.4) is 0 Å². The van der Waals surface area contributed by atoms with Gasteiger partial charge in [-0.25, -0.2) is 5.26 Å². The SMILES string of the molecule is COC(=O)C1CN(C2CCc3cc(C4CB(C#N)C4)ccc32)C1. The molecule has 1 aliphatic carbocycles. The van der Waals surface area contributed by atoms with Crippen molar-refractivity contribution < 1.29 is 9.53 Å². The molecule has 4 nitrogen and oxygen atoms in total. The van der Waals surface area contributed by atoms with Crippen molar-refractivity contribution in [2.75, 3.05) is 20.2 Å². The van der Waals surface area contributed by atoms with Crippen molar-refractivity contribution in [2.24, 2.45) is 5.92 Å². The van der Waals surface area contributed by atoms with Crippen LogP contribution >= 0.6 is 0 Å². The summed E-state index contributed by atoms with van der Waals surface area (Å²) >= 11 is 0. The summed E-state index contributed by atoms with van der Waals surface area (Å²) in [7, 11) is 1.47. The van der Waals surface area contributed by atoms with Crippen LogP contribution in [0, 0.1) is 17.1 Å². The number of methoxy groups -OCH3 is 1. The lowest BCUT2D eigenvalue weighted by Gasteiger charge is -2.42. The zero-order chi connectivity index (χ0) is 16.0. The first-order valence-electron chi connectivity index (χ1n) is 8.53. The second-order valence-electron chi connectivity index (χ2n) is 7.18. The van der Waals surface area contributed by atoms with Crippen LogP contribution in [-0.4, -0.2) is 37.8 Å². The number of ether oxygens (including phenoxy) is 1. The number of fused-ring (bicyclic) bond motifs is 1. The van der Waals surface area contributed by atoms with Crippen LogP contribution in [0.1, 0.15) is 35.1 Å². The highest BCUT2D eigenvalue weighted by molar-refractivity contribution is 6.70. The molecule has 1 aromatic carbocycles. The van der Waals surface area contributed by atoms with Gasteiger partial charge >= 0.3 is 5.97 Å². The Labute approximate surface area is 137 Å². The minimum Gasteiger partial charge on any atom is -0.469 e. The third kappa shape index (κ3) is 2.46. The van der Waals surface area contributed by atoms with Gasteiger partial charge in [-0.2, -0.15) is 0 Å². The van der Waals surface area contributed by atoms with E-state index in [0.29, 0.717) is 12.0 Å². The molecule has 0 radical (unpaired) electrons. The largest absolute Gasteiger partial charge is 0.469 e. The average Bonchev–Trinajstić information content (AvgIpc) is 2.88. The maximum Gasteiger partial charge on any atom is 0.311 e. The van der Waals surface area contributed by atoms with E-state index in [9.17, 15) is 4.79 Å². The number of esters is 1. The van der Waals surface area contributed by atoms with Gasteiger partial charge in [-0.1, -0.05) is 30.8 Å². The molecule has 2 aliphatic heterocycles. The molecule has 0 aromatic heterocycles. The van der Waals surface area contributed by atoms with Gasteiger partial charge in [-0.05, 0) is 35.4 Å². The van der Waals surface area contributed by atoms with E-state index >= 15 is 0 Å². The summed E-state index contributed by atoms with van der Waals surface area (Å²) in [4.78, 5) is 13.9. The number of rotatable bonds is 3. The lowest BCUT2D eigenvalue weighted by atomic mass is 9.32. The number of carbonyl (C=O) groups excluding carboxylic acids is 1. The number of aryl methyl sites for hydroxylation is 1. The van der Waals surface area contributed by atoms with Gasteiger partial charge in [0, 0.05) is 25.1 Å². The molecule has 2 fully saturated rings. The molecule has 5 heteroatoms. The Hall–Kier alpha value is -1.80. The Morgan fingerprint density at radius 3 is 2.87 bits per heavy atom. The van der Waals surface area contributed by atoms with Crippen molar-refractivity contribution in [3.63, 3.8) is 0 Å². The maximum atomic E-state index is 11.5. The molecule has 2 saturated heterocycles. The van der Waals surface area contributed by atoms with E-state index in [2.05, 4.69) is 29.1 Å². The highest BCUT2D eigenvalue weighted by Gasteiger charge is 2.40. The fraction of sp³-hybridized carbons (Fsp3) is 0.556. The quantitative estimate of drug-likeness (QED) is 0.636. The molecular formula is C18H21BN2O2. The Kier molecular flexibility index (Phi) is 3.65. The van der Waals surface area contributed by atoms with Crippen LogP contribution in [0.15, 0.2) is 18.2 Å². The van der Waals surface area contributed by atoms with Crippen LogP contribution in [0.2, 0.25) is 12.6 Å². The van der Waals surface area contributed by atoms with Crippen LogP contribution in [0.5, 0.6) is 0 Å². The molecular weight excluding hydrogens is 287 g/mol. The molecule has 0 saturated carbocycles. The van der Waals surface area contributed by atoms with Gasteiger partial charge in [0.25, 0.3) is 6.71 Å². The van der Waals surface area contributed by atoms with E-state index in [4.69, 9.17) is 10.00 Å². The van der Waals surface area contributed by atoms with Crippen molar-refractivity contribution in [2.45, 2.75) is 37.4 Å². The third-order valence-corrected chi connectivity index (χ3v) is 5.89. The first kappa shape index (κ1) is 14.8. The fourth-order valence-electron chi connectivity index (χ4n) is 4.33. The molecule has 0 spiro atoms. The number of benzene rings is 1. The molecule has 23 heavy (non-hydrogen) atoms. The van der Waals surface area contributed by atoms with E-state index in [1.54, 1.807) is 0 Å². The predicted molar refractivity (Wildman–Crippen MR) is 88.3 cm³/mol. The van der Waals surface area contributed by atoms with Gasteiger partial charge in [0.15, 0.2) is 0 Å². The minimum atomic E-state index is -0.0770. The summed E-state index contributed by atoms with van der Waals surface area (Å²) in [6, 6.07) is 7.37. The number of nitrogens with zero attached hydrogens (tertiary/aromatic N) is 2. The van der Waals surface area contributed by atoms with E-state index in [1.165, 1.54) is 23.8 Å². The van der Waals surface area contributed by atoms with Crippen molar-refractivity contribution >= 4 is 12.7 Å². The van der Waals surface area contributed by atoms with E-state index in [1.807, 2.05) is 0 Å². The number of hydrogen-bond donors (Lipinski definition) is 0. The second-order valence-corrected chi connectivity index (χ2v) is 7.18. The number of carbonyl (C=O) groups is 1. The summed E-state index contributed by atoms with van der Waals surface area (Å²) in [5, 5.41) is 8.92. The predicted octanol–water partition coefficient (Wildman–Crippen LogP) is 2.43. The molecule has 1 atom stereocenters. The Balaban J connectivity index is 1.43. The van der Waals surface area contributed by atoms with Gasteiger partial charge in [0.2, 0.25) is 0 Å². The van der Waals surface area contributed by atoms with Crippen LogP contribution in [0.4, 0.5) is 0 Å². The summed E-state index contributed by atoms with van der Waals surface area (Å²) < 4.78 is 4.82. The number of hydrogen-bond acceptors (Lipinski definition) is 4. The Morgan fingerprint density at radius 1 is 1.39 bits per heavy atom. The molecule has 0 amide bonds. The number of likely N-dealkylation sites (tertiary alicyclic amines) is 1. The molecule has 3 aliphatic rings. The summed E-state index contributed by atoms with van der Waals surface area (Å²) in [6.45, 7) is 1.91. The molecule has 1 aromatic rings. The summed E-state index contributed by atoms with van der Waals surface area (Å²) in [5.41, 5.74) is 4.31. The van der Waals surface area contributed by atoms with E-state index in [0.717, 1.165) is 38.6 Å². The molecule has 118 valence electrons. The first-order chi connectivity index (χ1) is 11.2. The highest BCUT2D eigenvalue weighted by atomic mass is 16.5. The summed E-state index contributed by atoms with van der Waals surface area (Å²) in [6.07, 6.45) is 4.32. The highest BCUT2D eigenvalue weighted by Crippen LogP contribution is 2.43. The van der Waals surface area contributed by atoms with Crippen molar-refractivity contribution in [3.05, 3.63) is 34.9 Å².